The molecule has 0 spiro atoms. The molecule has 0 aromatic heterocycles. The summed E-state index contributed by atoms with van der Waals surface area (Å²) in [6, 6.07) is 9.60. The van der Waals surface area contributed by atoms with Crippen LogP contribution >= 0.6 is 0 Å². The Labute approximate surface area is 167 Å². The number of piperazine rings is 1. The maximum absolute atomic E-state index is 13.0. The van der Waals surface area contributed by atoms with Crippen molar-refractivity contribution >= 4 is 16.1 Å². The number of amides is 1. The normalized spacial score (nSPS) is 31.1. The van der Waals surface area contributed by atoms with Gasteiger partial charge in [-0.25, -0.2) is 4.72 Å². The predicted octanol–water partition coefficient (Wildman–Crippen LogP) is 1.15. The van der Waals surface area contributed by atoms with E-state index in [2.05, 4.69) is 16.5 Å². The summed E-state index contributed by atoms with van der Waals surface area (Å²) in [5, 5.41) is 0. The fourth-order valence-corrected chi connectivity index (χ4v) is 6.10. The van der Waals surface area contributed by atoms with Gasteiger partial charge >= 0.3 is 0 Å². The average Bonchev–Trinajstić information content (AvgIpc) is 3.11. The minimum Gasteiger partial charge on any atom is -0.333 e. The van der Waals surface area contributed by atoms with Crippen LogP contribution in [-0.4, -0.2) is 79.8 Å². The largest absolute Gasteiger partial charge is 0.333 e. The highest BCUT2D eigenvalue weighted by atomic mass is 32.2. The van der Waals surface area contributed by atoms with E-state index < -0.39 is 10.2 Å². The summed E-state index contributed by atoms with van der Waals surface area (Å²) in [7, 11) is -3.47. The maximum Gasteiger partial charge on any atom is 0.279 e. The number of rotatable bonds is 5. The number of hydrogen-bond donors (Lipinski definition) is 1. The van der Waals surface area contributed by atoms with Crippen LogP contribution < -0.4 is 4.72 Å². The zero-order valence-electron chi connectivity index (χ0n) is 16.5. The second-order valence-corrected chi connectivity index (χ2v) is 10.1. The monoisotopic (exact) mass is 406 g/mol. The molecule has 1 aromatic carbocycles. The van der Waals surface area contributed by atoms with Crippen LogP contribution in [0.4, 0.5) is 0 Å². The van der Waals surface area contributed by atoms with E-state index >= 15 is 0 Å². The number of carbonyl (C=O) groups excluding carboxylic acids is 1. The molecule has 1 N–H and O–H groups in total. The van der Waals surface area contributed by atoms with Crippen molar-refractivity contribution < 1.29 is 13.2 Å². The molecule has 7 nitrogen and oxygen atoms in total. The zero-order chi connectivity index (χ0) is 19.7. The van der Waals surface area contributed by atoms with Gasteiger partial charge in [0.05, 0.1) is 0 Å². The second kappa shape index (κ2) is 8.10. The van der Waals surface area contributed by atoms with Crippen LogP contribution in [0.3, 0.4) is 0 Å². The molecule has 3 aliphatic heterocycles. The first kappa shape index (κ1) is 19.8. The van der Waals surface area contributed by atoms with Gasteiger partial charge < -0.3 is 4.90 Å². The number of benzene rings is 1. The van der Waals surface area contributed by atoms with Crippen LogP contribution in [0.25, 0.3) is 0 Å². The Balaban J connectivity index is 1.41. The number of nitrogens with one attached hydrogen (secondary N) is 1. The Bertz CT molecular complexity index is 801. The third kappa shape index (κ3) is 4.10. The molecule has 4 rings (SSSR count). The van der Waals surface area contributed by atoms with Crippen LogP contribution in [-0.2, 0) is 10.2 Å². The summed E-state index contributed by atoms with van der Waals surface area (Å²) >= 11 is 0. The van der Waals surface area contributed by atoms with Crippen LogP contribution in [0.2, 0.25) is 0 Å². The first-order chi connectivity index (χ1) is 13.4. The van der Waals surface area contributed by atoms with Gasteiger partial charge in [0.2, 0.25) is 0 Å². The molecule has 4 atom stereocenters. The molecule has 3 aliphatic rings. The van der Waals surface area contributed by atoms with Crippen molar-refractivity contribution in [1.82, 2.24) is 18.8 Å². The van der Waals surface area contributed by atoms with Gasteiger partial charge in [-0.1, -0.05) is 25.1 Å². The highest BCUT2D eigenvalue weighted by Crippen LogP contribution is 2.26. The Kier molecular flexibility index (Phi) is 5.73. The van der Waals surface area contributed by atoms with Crippen molar-refractivity contribution in [2.24, 2.45) is 5.92 Å². The molecule has 1 aromatic rings. The van der Waals surface area contributed by atoms with Gasteiger partial charge in [-0.3, -0.25) is 9.69 Å². The summed E-state index contributed by atoms with van der Waals surface area (Å²) < 4.78 is 29.9. The number of carbonyl (C=O) groups is 1. The SMILES string of the molecule is C[C@@H]1CCCN(S(=O)(=O)NC[C@H]2CN(C(=O)c3ccccc3)[C@H]3CCN2C3)C1. The number of nitrogens with zero attached hydrogens (tertiary/aromatic N) is 3. The summed E-state index contributed by atoms with van der Waals surface area (Å²) in [4.78, 5) is 17.2. The molecule has 154 valence electrons. The molecule has 0 radical (unpaired) electrons. The lowest BCUT2D eigenvalue weighted by Crippen LogP contribution is -2.58. The number of fused-ring (bicyclic) bond motifs is 2. The topological polar surface area (TPSA) is 73.0 Å². The smallest absolute Gasteiger partial charge is 0.279 e. The second-order valence-electron chi connectivity index (χ2n) is 8.37. The Hall–Kier alpha value is -1.48. The molecule has 0 saturated carbocycles. The van der Waals surface area contributed by atoms with Gasteiger partial charge in [-0.2, -0.15) is 12.7 Å². The van der Waals surface area contributed by atoms with Gasteiger partial charge in [-0.05, 0) is 37.3 Å². The summed E-state index contributed by atoms with van der Waals surface area (Å²) in [5.41, 5.74) is 0.699. The molecule has 3 fully saturated rings. The summed E-state index contributed by atoms with van der Waals surface area (Å²) in [6.07, 6.45) is 2.95. The van der Waals surface area contributed by atoms with Gasteiger partial charge in [-0.15, -0.1) is 0 Å². The van der Waals surface area contributed by atoms with E-state index in [9.17, 15) is 13.2 Å². The van der Waals surface area contributed by atoms with Crippen molar-refractivity contribution in [3.63, 3.8) is 0 Å². The van der Waals surface area contributed by atoms with Crippen molar-refractivity contribution in [3.05, 3.63) is 35.9 Å². The molecule has 8 heteroatoms. The Morgan fingerprint density at radius 3 is 2.64 bits per heavy atom. The van der Waals surface area contributed by atoms with E-state index in [1.807, 2.05) is 35.2 Å². The summed E-state index contributed by atoms with van der Waals surface area (Å²) in [6.45, 7) is 5.93. The van der Waals surface area contributed by atoms with Gasteiger partial charge in [0, 0.05) is 56.9 Å². The van der Waals surface area contributed by atoms with Crippen molar-refractivity contribution in [2.45, 2.75) is 38.3 Å². The van der Waals surface area contributed by atoms with E-state index in [0.29, 0.717) is 37.7 Å². The Morgan fingerprint density at radius 1 is 1.11 bits per heavy atom. The molecule has 3 heterocycles. The van der Waals surface area contributed by atoms with Crippen molar-refractivity contribution in [3.8, 4) is 0 Å². The van der Waals surface area contributed by atoms with E-state index in [0.717, 1.165) is 32.4 Å². The third-order valence-electron chi connectivity index (χ3n) is 6.30. The minimum absolute atomic E-state index is 0.0170. The standard InChI is InChI=1S/C20H30N4O3S/c1-16-6-5-10-23(13-16)28(26,27)21-12-19-15-24(18-9-11-22(19)14-18)20(25)17-7-3-2-4-8-17/h2-4,7-8,16,18-19,21H,5-6,9-15H2,1H3/t16-,18+,19+/m1/s1. The molecule has 1 unspecified atom stereocenters. The van der Waals surface area contributed by atoms with Crippen molar-refractivity contribution in [2.75, 3.05) is 39.3 Å². The first-order valence-corrected chi connectivity index (χ1v) is 11.7. The lowest BCUT2D eigenvalue weighted by Gasteiger charge is -2.40. The average molecular weight is 407 g/mol. The first-order valence-electron chi connectivity index (χ1n) is 10.3. The zero-order valence-corrected chi connectivity index (χ0v) is 17.3. The van der Waals surface area contributed by atoms with Gasteiger partial charge in [0.25, 0.3) is 16.1 Å². The highest BCUT2D eigenvalue weighted by molar-refractivity contribution is 7.87. The molecular formula is C20H30N4O3S. The molecular weight excluding hydrogens is 376 g/mol. The predicted molar refractivity (Wildman–Crippen MR) is 108 cm³/mol. The van der Waals surface area contributed by atoms with Crippen LogP contribution in [0.15, 0.2) is 30.3 Å². The lowest BCUT2D eigenvalue weighted by atomic mass is 10.0. The minimum atomic E-state index is -3.47. The summed E-state index contributed by atoms with van der Waals surface area (Å²) in [5.74, 6) is 0.447. The van der Waals surface area contributed by atoms with Gasteiger partial charge in [0.1, 0.15) is 0 Å². The number of hydrogen-bond acceptors (Lipinski definition) is 4. The lowest BCUT2D eigenvalue weighted by molar-refractivity contribution is 0.0502. The molecule has 2 bridgehead atoms. The molecule has 1 amide bonds. The third-order valence-corrected chi connectivity index (χ3v) is 7.84. The maximum atomic E-state index is 13.0. The van der Waals surface area contributed by atoms with Crippen LogP contribution in [0, 0.1) is 5.92 Å². The number of piperidine rings is 1. The van der Waals surface area contributed by atoms with E-state index in [-0.39, 0.29) is 18.0 Å². The van der Waals surface area contributed by atoms with E-state index in [4.69, 9.17) is 0 Å². The highest BCUT2D eigenvalue weighted by Gasteiger charge is 2.41. The van der Waals surface area contributed by atoms with Crippen molar-refractivity contribution in [1.29, 1.82) is 0 Å². The Morgan fingerprint density at radius 2 is 1.89 bits per heavy atom. The fourth-order valence-electron chi connectivity index (χ4n) is 4.69. The molecule has 28 heavy (non-hydrogen) atoms. The fraction of sp³-hybridized carbons (Fsp3) is 0.650. The van der Waals surface area contributed by atoms with Crippen LogP contribution in [0.1, 0.15) is 36.5 Å². The van der Waals surface area contributed by atoms with Gasteiger partial charge in [0.15, 0.2) is 0 Å². The molecule has 0 aliphatic carbocycles. The van der Waals surface area contributed by atoms with E-state index in [1.54, 1.807) is 4.31 Å². The molecule has 3 saturated heterocycles. The van der Waals surface area contributed by atoms with Crippen LogP contribution in [0.5, 0.6) is 0 Å². The quantitative estimate of drug-likeness (QED) is 0.796. The van der Waals surface area contributed by atoms with E-state index in [1.165, 1.54) is 0 Å².